The van der Waals surface area contributed by atoms with Crippen molar-refractivity contribution >= 4 is 17.5 Å². The Kier molecular flexibility index (Phi) is 7.65. The number of nitrogens with one attached hydrogen (secondary N) is 1. The highest BCUT2D eigenvalue weighted by Gasteiger charge is 2.30. The highest BCUT2D eigenvalue weighted by molar-refractivity contribution is 6.29. The first-order chi connectivity index (χ1) is 16.0. The molecule has 1 unspecified atom stereocenters. The van der Waals surface area contributed by atoms with Gasteiger partial charge in [-0.15, -0.1) is 0 Å². The fraction of sp³-hybridized carbons (Fsp3) is 0.360. The van der Waals surface area contributed by atoms with Gasteiger partial charge in [0.15, 0.2) is 0 Å². The number of likely N-dealkylation sites (N-methyl/N-ethyl adjacent to an activating group) is 1. The van der Waals surface area contributed by atoms with E-state index < -0.39 is 6.10 Å². The third kappa shape index (κ3) is 6.13. The Hall–Kier alpha value is -2.87. The van der Waals surface area contributed by atoms with E-state index >= 15 is 0 Å². The van der Waals surface area contributed by atoms with Crippen molar-refractivity contribution in [2.24, 2.45) is 0 Å². The lowest BCUT2D eigenvalue weighted by atomic mass is 10.0. The average Bonchev–Trinajstić information content (AvgIpc) is 3.31. The summed E-state index contributed by atoms with van der Waals surface area (Å²) in [6, 6.07) is 11.6. The molecule has 0 bridgehead atoms. The van der Waals surface area contributed by atoms with Gasteiger partial charge in [0.1, 0.15) is 5.15 Å². The average molecular weight is 466 g/mol. The molecule has 1 aliphatic rings. The van der Waals surface area contributed by atoms with E-state index in [0.29, 0.717) is 23.7 Å². The van der Waals surface area contributed by atoms with E-state index in [4.69, 9.17) is 11.6 Å². The summed E-state index contributed by atoms with van der Waals surface area (Å²) < 4.78 is 0. The lowest BCUT2D eigenvalue weighted by Crippen LogP contribution is -2.35. The number of halogens is 1. The molecule has 1 amide bonds. The van der Waals surface area contributed by atoms with Gasteiger partial charge in [0, 0.05) is 68.0 Å². The molecule has 1 saturated heterocycles. The second kappa shape index (κ2) is 10.8. The van der Waals surface area contributed by atoms with E-state index in [1.54, 1.807) is 42.8 Å². The fourth-order valence-electron chi connectivity index (χ4n) is 4.19. The minimum atomic E-state index is -0.614. The molecule has 7 nitrogen and oxygen atoms in total. The number of amides is 1. The summed E-state index contributed by atoms with van der Waals surface area (Å²) in [5.74, 6) is -0.0100. The standard InChI is InChI=1S/C25H28ClN5O2/c1-31(13-10-21-16-27-11-12-28-21)25(33)18-4-2-17(3-5-18)14-20-7-8-22(30-20)24(32)19-6-9-23(26)29-15-19/h2-6,9,11-12,15-16,20,22,24,30,32H,7-8,10,13-14H2,1H3/t20-,22+,24?/m0/s1. The molecule has 3 heterocycles. The Morgan fingerprint density at radius 3 is 2.67 bits per heavy atom. The third-order valence-corrected chi connectivity index (χ3v) is 6.32. The lowest BCUT2D eigenvalue weighted by molar-refractivity contribution is 0.0796. The van der Waals surface area contributed by atoms with Crippen molar-refractivity contribution in [1.82, 2.24) is 25.2 Å². The second-order valence-electron chi connectivity index (χ2n) is 8.48. The zero-order valence-electron chi connectivity index (χ0n) is 18.6. The number of hydrogen-bond donors (Lipinski definition) is 2. The van der Waals surface area contributed by atoms with Gasteiger partial charge >= 0.3 is 0 Å². The molecule has 33 heavy (non-hydrogen) atoms. The van der Waals surface area contributed by atoms with Crippen molar-refractivity contribution in [2.75, 3.05) is 13.6 Å². The van der Waals surface area contributed by atoms with E-state index in [2.05, 4.69) is 20.3 Å². The van der Waals surface area contributed by atoms with E-state index in [1.807, 2.05) is 30.3 Å². The number of pyridine rings is 1. The Bertz CT molecular complexity index is 1050. The Balaban J connectivity index is 1.27. The van der Waals surface area contributed by atoms with Crippen LogP contribution in [0.5, 0.6) is 0 Å². The zero-order chi connectivity index (χ0) is 23.2. The third-order valence-electron chi connectivity index (χ3n) is 6.10. The van der Waals surface area contributed by atoms with Crippen LogP contribution >= 0.6 is 11.6 Å². The molecule has 2 N–H and O–H groups in total. The van der Waals surface area contributed by atoms with E-state index in [1.165, 1.54) is 0 Å². The maximum atomic E-state index is 12.7. The number of carbonyl (C=O) groups excluding carboxylic acids is 1. The smallest absolute Gasteiger partial charge is 0.253 e. The molecule has 3 atom stereocenters. The number of rotatable bonds is 8. The highest BCUT2D eigenvalue weighted by atomic mass is 35.5. The van der Waals surface area contributed by atoms with E-state index in [9.17, 15) is 9.90 Å². The van der Waals surface area contributed by atoms with E-state index in [-0.39, 0.29) is 18.0 Å². The van der Waals surface area contributed by atoms with Crippen LogP contribution < -0.4 is 5.32 Å². The van der Waals surface area contributed by atoms with Gasteiger partial charge in [-0.1, -0.05) is 29.8 Å². The summed E-state index contributed by atoms with van der Waals surface area (Å²) in [6.07, 6.45) is 9.42. The molecule has 3 aromatic rings. The van der Waals surface area contributed by atoms with Gasteiger partial charge in [0.25, 0.3) is 5.91 Å². The molecule has 1 fully saturated rings. The van der Waals surface area contributed by atoms with Gasteiger partial charge in [0.05, 0.1) is 11.8 Å². The van der Waals surface area contributed by atoms with Crippen LogP contribution in [0, 0.1) is 0 Å². The molecule has 0 aliphatic carbocycles. The summed E-state index contributed by atoms with van der Waals surface area (Å²) >= 11 is 5.84. The molecule has 4 rings (SSSR count). The fourth-order valence-corrected chi connectivity index (χ4v) is 4.30. The van der Waals surface area contributed by atoms with Crippen LogP contribution in [-0.4, -0.2) is 56.5 Å². The number of aromatic nitrogens is 3. The predicted molar refractivity (Wildman–Crippen MR) is 127 cm³/mol. The summed E-state index contributed by atoms with van der Waals surface area (Å²) in [4.78, 5) is 26.8. The monoisotopic (exact) mass is 465 g/mol. The van der Waals surface area contributed by atoms with Gasteiger partial charge < -0.3 is 15.3 Å². The number of carbonyl (C=O) groups is 1. The number of hydrogen-bond acceptors (Lipinski definition) is 6. The molecule has 2 aromatic heterocycles. The van der Waals surface area contributed by atoms with Crippen LogP contribution in [0.1, 0.15) is 46.1 Å². The van der Waals surface area contributed by atoms with Crippen molar-refractivity contribution in [1.29, 1.82) is 0 Å². The quantitative estimate of drug-likeness (QED) is 0.496. The van der Waals surface area contributed by atoms with Crippen LogP contribution in [0.4, 0.5) is 0 Å². The highest BCUT2D eigenvalue weighted by Crippen LogP contribution is 2.27. The van der Waals surface area contributed by atoms with Crippen LogP contribution in [0.25, 0.3) is 0 Å². The largest absolute Gasteiger partial charge is 0.387 e. The van der Waals surface area contributed by atoms with Crippen LogP contribution in [0.3, 0.4) is 0 Å². The van der Waals surface area contributed by atoms with Crippen molar-refractivity contribution in [2.45, 2.75) is 43.9 Å². The summed E-state index contributed by atoms with van der Waals surface area (Å²) in [5, 5.41) is 14.6. The Labute approximate surface area is 198 Å². The first-order valence-corrected chi connectivity index (χ1v) is 11.5. The molecule has 8 heteroatoms. The van der Waals surface area contributed by atoms with Crippen LogP contribution in [0.15, 0.2) is 61.2 Å². The van der Waals surface area contributed by atoms with Gasteiger partial charge in [-0.05, 0) is 43.0 Å². The first kappa shape index (κ1) is 23.3. The normalized spacial score (nSPS) is 18.8. The van der Waals surface area contributed by atoms with Crippen molar-refractivity contribution in [3.05, 3.63) is 88.7 Å². The predicted octanol–water partition coefficient (Wildman–Crippen LogP) is 3.24. The molecule has 1 aliphatic heterocycles. The Morgan fingerprint density at radius 2 is 1.97 bits per heavy atom. The SMILES string of the molecule is CN(CCc1cnccn1)C(=O)c1ccc(C[C@@H]2CC[C@H](C(O)c3ccc(Cl)nc3)N2)cc1. The number of aliphatic hydroxyl groups excluding tert-OH is 1. The zero-order valence-corrected chi connectivity index (χ0v) is 19.3. The van der Waals surface area contributed by atoms with E-state index in [0.717, 1.165) is 36.1 Å². The maximum Gasteiger partial charge on any atom is 0.253 e. The summed E-state index contributed by atoms with van der Waals surface area (Å²) in [5.41, 5.74) is 3.47. The van der Waals surface area contributed by atoms with Crippen molar-refractivity contribution in [3.63, 3.8) is 0 Å². The molecule has 172 valence electrons. The number of nitrogens with zero attached hydrogens (tertiary/aromatic N) is 4. The Morgan fingerprint density at radius 1 is 1.15 bits per heavy atom. The minimum absolute atomic E-state index is 0.0100. The summed E-state index contributed by atoms with van der Waals surface area (Å²) in [6.45, 7) is 0.581. The van der Waals surface area contributed by atoms with Crippen molar-refractivity contribution in [3.8, 4) is 0 Å². The van der Waals surface area contributed by atoms with Crippen LogP contribution in [-0.2, 0) is 12.8 Å². The van der Waals surface area contributed by atoms with Crippen LogP contribution in [0.2, 0.25) is 5.15 Å². The van der Waals surface area contributed by atoms with Gasteiger partial charge in [-0.25, -0.2) is 4.98 Å². The maximum absolute atomic E-state index is 12.7. The molecular weight excluding hydrogens is 438 g/mol. The van der Waals surface area contributed by atoms with Crippen molar-refractivity contribution < 1.29 is 9.90 Å². The number of aliphatic hydroxyl groups is 1. The van der Waals surface area contributed by atoms with Gasteiger partial charge in [-0.3, -0.25) is 14.8 Å². The number of benzene rings is 1. The molecule has 1 aromatic carbocycles. The molecule has 0 spiro atoms. The molecule has 0 radical (unpaired) electrons. The summed E-state index contributed by atoms with van der Waals surface area (Å²) in [7, 11) is 1.80. The lowest BCUT2D eigenvalue weighted by Gasteiger charge is -2.20. The van der Waals surface area contributed by atoms with Gasteiger partial charge in [-0.2, -0.15) is 0 Å². The first-order valence-electron chi connectivity index (χ1n) is 11.1. The molecule has 0 saturated carbocycles. The second-order valence-corrected chi connectivity index (χ2v) is 8.87. The van der Waals surface area contributed by atoms with Gasteiger partial charge in [0.2, 0.25) is 0 Å². The molecular formula is C25H28ClN5O2. The topological polar surface area (TPSA) is 91.2 Å². The minimum Gasteiger partial charge on any atom is -0.387 e.